The topological polar surface area (TPSA) is 95.9 Å². The normalized spacial score (nSPS) is 22.0. The third-order valence-electron chi connectivity index (χ3n) is 4.75. The Morgan fingerprint density at radius 2 is 2.15 bits per heavy atom. The van der Waals surface area contributed by atoms with Crippen molar-refractivity contribution in [1.82, 2.24) is 4.90 Å². The van der Waals surface area contributed by atoms with E-state index >= 15 is 0 Å². The number of hydrogen-bond acceptors (Lipinski definition) is 6. The summed E-state index contributed by atoms with van der Waals surface area (Å²) in [5.41, 5.74) is 0.482. The Bertz CT molecular complexity index is 748. The lowest BCUT2D eigenvalue weighted by molar-refractivity contribution is -0.146. The van der Waals surface area contributed by atoms with E-state index in [1.807, 2.05) is 0 Å². The van der Waals surface area contributed by atoms with Crippen molar-refractivity contribution in [2.75, 3.05) is 30.8 Å². The summed E-state index contributed by atoms with van der Waals surface area (Å²) in [7, 11) is 0. The van der Waals surface area contributed by atoms with Crippen molar-refractivity contribution >= 4 is 46.1 Å². The van der Waals surface area contributed by atoms with Gasteiger partial charge in [-0.2, -0.15) is 0 Å². The summed E-state index contributed by atoms with van der Waals surface area (Å²) >= 11 is 3.09. The molecular weight excluding hydrogens is 376 g/mol. The van der Waals surface area contributed by atoms with Crippen molar-refractivity contribution in [3.8, 4) is 0 Å². The lowest BCUT2D eigenvalue weighted by atomic mass is 9.90. The summed E-state index contributed by atoms with van der Waals surface area (Å²) in [5, 5.41) is 12.6. The SMILES string of the molecule is CCOC(=O)c1c(NC(=O)N2CCC(C)(C(=O)O)C2)sc2c1CCCS2. The molecule has 0 saturated carbocycles. The van der Waals surface area contributed by atoms with E-state index in [4.69, 9.17) is 4.74 Å². The van der Waals surface area contributed by atoms with Gasteiger partial charge < -0.3 is 14.7 Å². The second-order valence-electron chi connectivity index (χ2n) is 6.71. The van der Waals surface area contributed by atoms with Gasteiger partial charge in [0, 0.05) is 13.1 Å². The second-order valence-corrected chi connectivity index (χ2v) is 9.10. The number of ether oxygens (including phenoxy) is 1. The fourth-order valence-electron chi connectivity index (χ4n) is 3.19. The number of carbonyl (C=O) groups excluding carboxylic acids is 2. The molecule has 142 valence electrons. The van der Waals surface area contributed by atoms with Gasteiger partial charge >= 0.3 is 18.0 Å². The van der Waals surface area contributed by atoms with E-state index in [1.54, 1.807) is 25.6 Å². The number of thiophene rings is 1. The van der Waals surface area contributed by atoms with E-state index in [-0.39, 0.29) is 19.2 Å². The summed E-state index contributed by atoms with van der Waals surface area (Å²) < 4.78 is 6.23. The molecule has 2 N–H and O–H groups in total. The molecule has 0 radical (unpaired) electrons. The Labute approximate surface area is 160 Å². The predicted molar refractivity (Wildman–Crippen MR) is 100 cm³/mol. The number of aliphatic carboxylic acids is 1. The monoisotopic (exact) mass is 398 g/mol. The molecule has 0 aromatic carbocycles. The highest BCUT2D eigenvalue weighted by atomic mass is 32.2. The van der Waals surface area contributed by atoms with Crippen LogP contribution in [0.15, 0.2) is 4.21 Å². The van der Waals surface area contributed by atoms with Crippen molar-refractivity contribution in [2.24, 2.45) is 5.41 Å². The first-order chi connectivity index (χ1) is 12.4. The van der Waals surface area contributed by atoms with E-state index < -0.39 is 17.4 Å². The molecular formula is C17H22N2O5S2. The third kappa shape index (κ3) is 3.55. The van der Waals surface area contributed by atoms with E-state index in [2.05, 4.69) is 5.32 Å². The molecule has 26 heavy (non-hydrogen) atoms. The molecule has 0 bridgehead atoms. The van der Waals surface area contributed by atoms with Gasteiger partial charge in [-0.3, -0.25) is 10.1 Å². The molecule has 3 rings (SSSR count). The molecule has 0 aliphatic carbocycles. The maximum absolute atomic E-state index is 12.6. The summed E-state index contributed by atoms with van der Waals surface area (Å²) in [5.74, 6) is -0.325. The minimum Gasteiger partial charge on any atom is -0.481 e. The van der Waals surface area contributed by atoms with Crippen molar-refractivity contribution in [1.29, 1.82) is 0 Å². The zero-order chi connectivity index (χ0) is 18.9. The molecule has 9 heteroatoms. The number of hydrogen-bond donors (Lipinski definition) is 2. The minimum absolute atomic E-state index is 0.156. The number of carboxylic acids is 1. The van der Waals surface area contributed by atoms with Crippen LogP contribution in [0.4, 0.5) is 9.80 Å². The highest BCUT2D eigenvalue weighted by molar-refractivity contribution is 8.01. The summed E-state index contributed by atoms with van der Waals surface area (Å²) in [4.78, 5) is 37.9. The van der Waals surface area contributed by atoms with E-state index in [0.29, 0.717) is 23.5 Å². The number of carboxylic acid groups (broad SMARTS) is 1. The summed E-state index contributed by atoms with van der Waals surface area (Å²) in [6, 6.07) is -0.371. The Balaban J connectivity index is 1.81. The number of fused-ring (bicyclic) bond motifs is 1. The van der Waals surface area contributed by atoms with Crippen molar-refractivity contribution in [3.05, 3.63) is 11.1 Å². The van der Waals surface area contributed by atoms with Gasteiger partial charge in [0.15, 0.2) is 0 Å². The number of nitrogens with one attached hydrogen (secondary N) is 1. The van der Waals surface area contributed by atoms with Crippen molar-refractivity contribution < 1.29 is 24.2 Å². The minimum atomic E-state index is -0.925. The Morgan fingerprint density at radius 1 is 1.38 bits per heavy atom. The number of carbonyl (C=O) groups is 3. The third-order valence-corrected chi connectivity index (χ3v) is 7.30. The van der Waals surface area contributed by atoms with Gasteiger partial charge in [0.1, 0.15) is 5.00 Å². The van der Waals surface area contributed by atoms with Crippen LogP contribution in [-0.2, 0) is 16.0 Å². The number of thioether (sulfide) groups is 1. The van der Waals surface area contributed by atoms with Crippen molar-refractivity contribution in [3.63, 3.8) is 0 Å². The van der Waals surface area contributed by atoms with E-state index in [0.717, 1.165) is 28.4 Å². The standard InChI is InChI=1S/C17H22N2O5S2/c1-3-24-13(20)11-10-5-4-8-25-14(10)26-12(11)18-16(23)19-7-6-17(2,9-19)15(21)22/h3-9H2,1-2H3,(H,18,23)(H,21,22). The lowest BCUT2D eigenvalue weighted by Gasteiger charge is -2.20. The maximum Gasteiger partial charge on any atom is 0.341 e. The van der Waals surface area contributed by atoms with Crippen molar-refractivity contribution in [2.45, 2.75) is 37.3 Å². The van der Waals surface area contributed by atoms with Gasteiger partial charge in [-0.25, -0.2) is 9.59 Å². The molecule has 1 aromatic rings. The average molecular weight is 399 g/mol. The van der Waals surface area contributed by atoms with Crippen LogP contribution in [0.2, 0.25) is 0 Å². The number of likely N-dealkylation sites (tertiary alicyclic amines) is 1. The number of esters is 1. The Kier molecular flexibility index (Phi) is 5.47. The molecule has 1 atom stereocenters. The van der Waals surface area contributed by atoms with Gasteiger partial charge in [-0.1, -0.05) is 0 Å². The largest absolute Gasteiger partial charge is 0.481 e. The Hall–Kier alpha value is -1.74. The smallest absolute Gasteiger partial charge is 0.341 e. The first-order valence-corrected chi connectivity index (χ1v) is 10.4. The van der Waals surface area contributed by atoms with Gasteiger partial charge in [0.2, 0.25) is 0 Å². The number of anilines is 1. The second kappa shape index (κ2) is 7.48. The number of urea groups is 1. The van der Waals surface area contributed by atoms with Crippen LogP contribution in [-0.4, -0.2) is 53.4 Å². The van der Waals surface area contributed by atoms with Crippen LogP contribution < -0.4 is 5.32 Å². The molecule has 2 aliphatic heterocycles. The number of nitrogens with zero attached hydrogens (tertiary/aromatic N) is 1. The highest BCUT2D eigenvalue weighted by Gasteiger charge is 2.42. The highest BCUT2D eigenvalue weighted by Crippen LogP contribution is 2.44. The molecule has 7 nitrogen and oxygen atoms in total. The average Bonchev–Trinajstić information content (AvgIpc) is 3.16. The van der Waals surface area contributed by atoms with E-state index in [9.17, 15) is 19.5 Å². The van der Waals surface area contributed by atoms with Crippen LogP contribution in [0, 0.1) is 5.41 Å². The molecule has 0 spiro atoms. The zero-order valence-electron chi connectivity index (χ0n) is 14.8. The van der Waals surface area contributed by atoms with Crippen LogP contribution in [0.3, 0.4) is 0 Å². The van der Waals surface area contributed by atoms with Gasteiger partial charge in [0.25, 0.3) is 0 Å². The maximum atomic E-state index is 12.6. The number of amides is 2. The van der Waals surface area contributed by atoms with Crippen LogP contribution in [0.1, 0.15) is 42.6 Å². The van der Waals surface area contributed by atoms with Gasteiger partial charge in [-0.05, 0) is 44.4 Å². The zero-order valence-corrected chi connectivity index (χ0v) is 16.4. The Morgan fingerprint density at radius 3 is 2.81 bits per heavy atom. The number of rotatable bonds is 4. The molecule has 1 unspecified atom stereocenters. The van der Waals surface area contributed by atoms with Crippen LogP contribution >= 0.6 is 23.1 Å². The van der Waals surface area contributed by atoms with Crippen LogP contribution in [0.25, 0.3) is 0 Å². The molecule has 1 saturated heterocycles. The summed E-state index contributed by atoms with van der Waals surface area (Å²) in [6.45, 7) is 4.20. The molecule has 2 amide bonds. The fraction of sp³-hybridized carbons (Fsp3) is 0.588. The lowest BCUT2D eigenvalue weighted by Crippen LogP contribution is -2.37. The molecule has 1 aromatic heterocycles. The molecule has 2 aliphatic rings. The first kappa shape index (κ1) is 19.0. The first-order valence-electron chi connectivity index (χ1n) is 8.60. The van der Waals surface area contributed by atoms with Gasteiger partial charge in [-0.15, -0.1) is 23.1 Å². The molecule has 1 fully saturated rings. The van der Waals surface area contributed by atoms with Crippen LogP contribution in [0.5, 0.6) is 0 Å². The summed E-state index contributed by atoms with van der Waals surface area (Å²) in [6.07, 6.45) is 2.19. The fourth-order valence-corrected chi connectivity index (χ4v) is 5.74. The molecule has 3 heterocycles. The van der Waals surface area contributed by atoms with E-state index in [1.165, 1.54) is 16.2 Å². The predicted octanol–water partition coefficient (Wildman–Crippen LogP) is 3.29. The quantitative estimate of drug-likeness (QED) is 0.756. The van der Waals surface area contributed by atoms with Gasteiger partial charge in [0.05, 0.1) is 21.8 Å².